The molecule has 0 unspecified atom stereocenters. The molecule has 0 atom stereocenters. The van der Waals surface area contributed by atoms with Crippen LogP contribution in [0.3, 0.4) is 0 Å². The van der Waals surface area contributed by atoms with Gasteiger partial charge in [-0.1, -0.05) is 60.7 Å². The molecule has 0 bridgehead atoms. The minimum atomic E-state index is -0.575. The summed E-state index contributed by atoms with van der Waals surface area (Å²) in [6.07, 6.45) is 4.24. The van der Waals surface area contributed by atoms with E-state index in [1.165, 1.54) is 5.56 Å². The normalized spacial score (nSPS) is 15.2. The highest BCUT2D eigenvalue weighted by molar-refractivity contribution is 6.39. The molecular formula is C21H23N3O2. The summed E-state index contributed by atoms with van der Waals surface area (Å²) >= 11 is 0. The fraction of sp³-hybridized carbons (Fsp3) is 0.238. The largest absolute Gasteiger partial charge is 0.332 e. The molecule has 0 spiro atoms. The number of benzene rings is 2. The Kier molecular flexibility index (Phi) is 6.17. The van der Waals surface area contributed by atoms with Crippen LogP contribution in [-0.2, 0) is 9.59 Å². The summed E-state index contributed by atoms with van der Waals surface area (Å²) in [6.45, 7) is 3.51. The molecule has 3 rings (SSSR count). The van der Waals surface area contributed by atoms with Gasteiger partial charge in [-0.25, -0.2) is 0 Å². The molecule has 0 radical (unpaired) electrons. The molecule has 0 aromatic heterocycles. The lowest BCUT2D eigenvalue weighted by molar-refractivity contribution is -0.144. The quantitative estimate of drug-likeness (QED) is 0.863. The van der Waals surface area contributed by atoms with Crippen LogP contribution in [0, 0.1) is 0 Å². The van der Waals surface area contributed by atoms with E-state index in [0.717, 1.165) is 19.6 Å². The summed E-state index contributed by atoms with van der Waals surface area (Å²) in [5, 5.41) is 2.65. The van der Waals surface area contributed by atoms with Crippen molar-refractivity contribution in [2.45, 2.75) is 0 Å². The van der Waals surface area contributed by atoms with Gasteiger partial charge in [0, 0.05) is 38.4 Å². The summed E-state index contributed by atoms with van der Waals surface area (Å²) in [5.74, 6) is -1.04. The van der Waals surface area contributed by atoms with Gasteiger partial charge in [0.2, 0.25) is 0 Å². The Hall–Kier alpha value is -2.92. The number of amides is 2. The lowest BCUT2D eigenvalue weighted by atomic mass is 10.2. The minimum Gasteiger partial charge on any atom is -0.332 e. The van der Waals surface area contributed by atoms with Crippen molar-refractivity contribution in [3.05, 3.63) is 72.3 Å². The van der Waals surface area contributed by atoms with Gasteiger partial charge < -0.3 is 10.2 Å². The van der Waals surface area contributed by atoms with Crippen molar-refractivity contribution in [1.29, 1.82) is 0 Å². The molecule has 2 amide bonds. The van der Waals surface area contributed by atoms with Gasteiger partial charge in [0.1, 0.15) is 0 Å². The smallest absolute Gasteiger partial charge is 0.313 e. The number of carbonyl (C=O) groups excluding carboxylic acids is 2. The van der Waals surface area contributed by atoms with Crippen LogP contribution in [-0.4, -0.2) is 54.3 Å². The van der Waals surface area contributed by atoms with E-state index < -0.39 is 11.8 Å². The predicted molar refractivity (Wildman–Crippen MR) is 104 cm³/mol. The van der Waals surface area contributed by atoms with E-state index in [0.29, 0.717) is 18.8 Å². The molecule has 2 aromatic carbocycles. The van der Waals surface area contributed by atoms with Crippen LogP contribution in [0.1, 0.15) is 5.56 Å². The monoisotopic (exact) mass is 349 g/mol. The fourth-order valence-corrected chi connectivity index (χ4v) is 2.89. The molecule has 134 valence electrons. The Morgan fingerprint density at radius 2 is 1.50 bits per heavy atom. The number of para-hydroxylation sites is 1. The highest BCUT2D eigenvalue weighted by Gasteiger charge is 2.25. The lowest BCUT2D eigenvalue weighted by Crippen LogP contribution is -2.51. The number of nitrogens with one attached hydrogen (secondary N) is 1. The number of piperazine rings is 1. The number of anilines is 1. The third-order valence-electron chi connectivity index (χ3n) is 4.36. The minimum absolute atomic E-state index is 0.465. The van der Waals surface area contributed by atoms with Gasteiger partial charge in [-0.05, 0) is 17.7 Å². The molecule has 5 heteroatoms. The van der Waals surface area contributed by atoms with Crippen LogP contribution in [0.2, 0.25) is 0 Å². The van der Waals surface area contributed by atoms with Crippen LogP contribution >= 0.6 is 0 Å². The van der Waals surface area contributed by atoms with Crippen molar-refractivity contribution in [2.24, 2.45) is 0 Å². The van der Waals surface area contributed by atoms with E-state index in [2.05, 4.69) is 34.5 Å². The Labute approximate surface area is 153 Å². The van der Waals surface area contributed by atoms with E-state index in [-0.39, 0.29) is 0 Å². The van der Waals surface area contributed by atoms with Crippen LogP contribution in [0.5, 0.6) is 0 Å². The van der Waals surface area contributed by atoms with Gasteiger partial charge in [-0.2, -0.15) is 0 Å². The standard InChI is InChI=1S/C21H23N3O2/c25-20(22-19-11-5-2-6-12-19)21(26)24-16-14-23(15-17-24)13-7-10-18-8-3-1-4-9-18/h1-12H,13-17H2,(H,22,25)/b10-7+. The third-order valence-corrected chi connectivity index (χ3v) is 4.36. The zero-order chi connectivity index (χ0) is 18.2. The summed E-state index contributed by atoms with van der Waals surface area (Å²) < 4.78 is 0. The highest BCUT2D eigenvalue weighted by atomic mass is 16.2. The first-order chi connectivity index (χ1) is 12.7. The van der Waals surface area contributed by atoms with Crippen molar-refractivity contribution >= 4 is 23.6 Å². The molecule has 5 nitrogen and oxygen atoms in total. The molecule has 0 aliphatic carbocycles. The zero-order valence-electron chi connectivity index (χ0n) is 14.7. The second-order valence-corrected chi connectivity index (χ2v) is 6.23. The maximum absolute atomic E-state index is 12.3. The average Bonchev–Trinajstić information content (AvgIpc) is 2.69. The molecule has 1 N–H and O–H groups in total. The predicted octanol–water partition coefficient (Wildman–Crippen LogP) is 2.48. The van der Waals surface area contributed by atoms with E-state index in [9.17, 15) is 9.59 Å². The van der Waals surface area contributed by atoms with E-state index >= 15 is 0 Å². The van der Waals surface area contributed by atoms with Crippen molar-refractivity contribution in [1.82, 2.24) is 9.80 Å². The highest BCUT2D eigenvalue weighted by Crippen LogP contribution is 2.08. The Balaban J connectivity index is 1.43. The summed E-state index contributed by atoms with van der Waals surface area (Å²) in [7, 11) is 0. The second kappa shape index (κ2) is 8.97. The fourth-order valence-electron chi connectivity index (χ4n) is 2.89. The average molecular weight is 349 g/mol. The van der Waals surface area contributed by atoms with Crippen LogP contribution in [0.15, 0.2) is 66.7 Å². The van der Waals surface area contributed by atoms with Crippen molar-refractivity contribution in [3.8, 4) is 0 Å². The van der Waals surface area contributed by atoms with Crippen LogP contribution < -0.4 is 5.32 Å². The van der Waals surface area contributed by atoms with Gasteiger partial charge in [0.25, 0.3) is 0 Å². The molecule has 1 heterocycles. The van der Waals surface area contributed by atoms with Crippen LogP contribution in [0.25, 0.3) is 6.08 Å². The van der Waals surface area contributed by atoms with Crippen LogP contribution in [0.4, 0.5) is 5.69 Å². The molecule has 1 fully saturated rings. The van der Waals surface area contributed by atoms with Gasteiger partial charge in [0.15, 0.2) is 0 Å². The zero-order valence-corrected chi connectivity index (χ0v) is 14.7. The summed E-state index contributed by atoms with van der Waals surface area (Å²) in [4.78, 5) is 28.3. The SMILES string of the molecule is O=C(Nc1ccccc1)C(=O)N1CCN(C/C=C/c2ccccc2)CC1. The Morgan fingerprint density at radius 1 is 0.885 bits per heavy atom. The van der Waals surface area contributed by atoms with E-state index in [1.807, 2.05) is 36.4 Å². The first-order valence-corrected chi connectivity index (χ1v) is 8.81. The maximum atomic E-state index is 12.3. The molecule has 26 heavy (non-hydrogen) atoms. The van der Waals surface area contributed by atoms with Gasteiger partial charge in [0.05, 0.1) is 0 Å². The molecule has 0 saturated carbocycles. The van der Waals surface area contributed by atoms with E-state index in [4.69, 9.17) is 0 Å². The van der Waals surface area contributed by atoms with Crippen molar-refractivity contribution in [2.75, 3.05) is 38.0 Å². The number of carbonyl (C=O) groups is 2. The van der Waals surface area contributed by atoms with E-state index in [1.54, 1.807) is 17.0 Å². The van der Waals surface area contributed by atoms with Gasteiger partial charge in [-0.3, -0.25) is 14.5 Å². The van der Waals surface area contributed by atoms with Gasteiger partial charge >= 0.3 is 11.8 Å². The Bertz CT molecular complexity index is 751. The summed E-state index contributed by atoms with van der Waals surface area (Å²) in [5.41, 5.74) is 1.81. The maximum Gasteiger partial charge on any atom is 0.313 e. The number of hydrogen-bond acceptors (Lipinski definition) is 3. The van der Waals surface area contributed by atoms with Crippen molar-refractivity contribution in [3.63, 3.8) is 0 Å². The number of nitrogens with zero attached hydrogens (tertiary/aromatic N) is 2. The first-order valence-electron chi connectivity index (χ1n) is 8.81. The number of hydrogen-bond donors (Lipinski definition) is 1. The molecule has 2 aromatic rings. The molecule has 1 aliphatic heterocycles. The summed E-state index contributed by atoms with van der Waals surface area (Å²) in [6, 6.07) is 19.2. The number of rotatable bonds is 4. The molecule has 1 aliphatic rings. The lowest BCUT2D eigenvalue weighted by Gasteiger charge is -2.33. The third kappa shape index (κ3) is 5.04. The van der Waals surface area contributed by atoms with Crippen molar-refractivity contribution < 1.29 is 9.59 Å². The topological polar surface area (TPSA) is 52.7 Å². The second-order valence-electron chi connectivity index (χ2n) is 6.23. The molecular weight excluding hydrogens is 326 g/mol. The molecule has 1 saturated heterocycles. The first kappa shape index (κ1) is 17.9. The van der Waals surface area contributed by atoms with Gasteiger partial charge in [-0.15, -0.1) is 0 Å². The Morgan fingerprint density at radius 3 is 2.15 bits per heavy atom.